The van der Waals surface area contributed by atoms with Gasteiger partial charge in [0.05, 0.1) is 10.9 Å². The topological polar surface area (TPSA) is 45.2 Å². The summed E-state index contributed by atoms with van der Waals surface area (Å²) in [7, 11) is 1.87. The number of amides is 1. The number of benzene rings is 2. The molecule has 1 fully saturated rings. The van der Waals surface area contributed by atoms with Crippen LogP contribution in [0.15, 0.2) is 60.8 Å². The van der Waals surface area contributed by atoms with Gasteiger partial charge < -0.3 is 10.2 Å². The van der Waals surface area contributed by atoms with Crippen molar-refractivity contribution < 1.29 is 4.79 Å². The van der Waals surface area contributed by atoms with Crippen LogP contribution in [0.4, 0.5) is 0 Å². The number of nitrogens with one attached hydrogen (secondary N) is 1. The van der Waals surface area contributed by atoms with E-state index in [2.05, 4.69) is 16.4 Å². The van der Waals surface area contributed by atoms with Gasteiger partial charge in [0.25, 0.3) is 0 Å². The van der Waals surface area contributed by atoms with Crippen molar-refractivity contribution in [3.05, 3.63) is 76.9 Å². The molecule has 0 atom stereocenters. The van der Waals surface area contributed by atoms with Gasteiger partial charge in [-0.3, -0.25) is 9.78 Å². The van der Waals surface area contributed by atoms with Crippen molar-refractivity contribution in [1.82, 2.24) is 15.2 Å². The first-order valence-electron chi connectivity index (χ1n) is 9.10. The van der Waals surface area contributed by atoms with Crippen LogP contribution >= 0.6 is 11.6 Å². The zero-order valence-electron chi connectivity index (χ0n) is 15.3. The summed E-state index contributed by atoms with van der Waals surface area (Å²) in [5.41, 5.74) is 2.76. The molecular weight excluding hydrogens is 358 g/mol. The minimum Gasteiger partial charge on any atom is -0.341 e. The van der Waals surface area contributed by atoms with Gasteiger partial charge in [0.1, 0.15) is 0 Å². The van der Waals surface area contributed by atoms with Gasteiger partial charge in [-0.15, -0.1) is 0 Å². The maximum atomic E-state index is 13.2. The molecule has 4 rings (SSSR count). The highest BCUT2D eigenvalue weighted by molar-refractivity contribution is 6.30. The van der Waals surface area contributed by atoms with E-state index in [9.17, 15) is 4.79 Å². The van der Waals surface area contributed by atoms with E-state index in [1.165, 1.54) is 0 Å². The minimum absolute atomic E-state index is 0.171. The Balaban J connectivity index is 1.50. The molecule has 0 spiro atoms. The lowest BCUT2D eigenvalue weighted by Crippen LogP contribution is -2.62. The Morgan fingerprint density at radius 3 is 2.59 bits per heavy atom. The van der Waals surface area contributed by atoms with E-state index < -0.39 is 0 Å². The van der Waals surface area contributed by atoms with Crippen molar-refractivity contribution in [2.24, 2.45) is 5.41 Å². The molecule has 1 N–H and O–H groups in total. The second-order valence-electron chi connectivity index (χ2n) is 7.38. The van der Waals surface area contributed by atoms with Crippen LogP contribution in [0.3, 0.4) is 0 Å². The monoisotopic (exact) mass is 379 g/mol. The normalized spacial score (nSPS) is 15.3. The van der Waals surface area contributed by atoms with Crippen LogP contribution in [0.5, 0.6) is 0 Å². The van der Waals surface area contributed by atoms with Crippen LogP contribution in [-0.2, 0) is 17.8 Å². The molecule has 5 heteroatoms. The number of carbonyl (C=O) groups is 1. The molecule has 1 amide bonds. The first-order chi connectivity index (χ1) is 13.1. The lowest BCUT2D eigenvalue weighted by Gasteiger charge is -2.43. The van der Waals surface area contributed by atoms with Crippen LogP contribution in [0.2, 0.25) is 5.02 Å². The Bertz CT molecular complexity index is 967. The summed E-state index contributed by atoms with van der Waals surface area (Å²) < 4.78 is 0. The maximum absolute atomic E-state index is 13.2. The summed E-state index contributed by atoms with van der Waals surface area (Å²) in [6, 6.07) is 17.9. The molecule has 1 aliphatic heterocycles. The molecule has 1 saturated heterocycles. The van der Waals surface area contributed by atoms with E-state index in [1.54, 1.807) is 0 Å². The van der Waals surface area contributed by atoms with Crippen molar-refractivity contribution in [2.75, 3.05) is 20.1 Å². The quantitative estimate of drug-likeness (QED) is 0.735. The minimum atomic E-state index is -0.382. The molecule has 0 saturated carbocycles. The van der Waals surface area contributed by atoms with Crippen LogP contribution in [0, 0.1) is 5.41 Å². The first-order valence-corrected chi connectivity index (χ1v) is 9.48. The lowest BCUT2D eigenvalue weighted by molar-refractivity contribution is -0.144. The molecule has 2 aromatic carbocycles. The zero-order valence-corrected chi connectivity index (χ0v) is 16.0. The Kier molecular flexibility index (Phi) is 4.85. The fourth-order valence-corrected chi connectivity index (χ4v) is 3.85. The van der Waals surface area contributed by atoms with Gasteiger partial charge in [-0.1, -0.05) is 41.9 Å². The SMILES string of the molecule is CN(Cc1cnc2ccccc2c1)C(=O)C1(Cc2ccc(Cl)cc2)CNC1. The third-order valence-corrected chi connectivity index (χ3v) is 5.50. The number of halogens is 1. The highest BCUT2D eigenvalue weighted by Gasteiger charge is 2.45. The molecule has 2 heterocycles. The average Bonchev–Trinajstić information content (AvgIpc) is 2.65. The number of carbonyl (C=O) groups excluding carboxylic acids is 1. The predicted molar refractivity (Wildman–Crippen MR) is 109 cm³/mol. The summed E-state index contributed by atoms with van der Waals surface area (Å²) in [6.45, 7) is 1.96. The number of pyridine rings is 1. The van der Waals surface area contributed by atoms with Crippen molar-refractivity contribution in [3.8, 4) is 0 Å². The van der Waals surface area contributed by atoms with Gasteiger partial charge in [-0.05, 0) is 41.8 Å². The first kappa shape index (κ1) is 18.0. The molecule has 3 aromatic rings. The second kappa shape index (κ2) is 7.29. The highest BCUT2D eigenvalue weighted by Crippen LogP contribution is 2.31. The number of nitrogens with zero attached hydrogens (tertiary/aromatic N) is 2. The molecule has 138 valence electrons. The molecular formula is C22H22ClN3O. The van der Waals surface area contributed by atoms with Gasteiger partial charge in [-0.25, -0.2) is 0 Å². The van der Waals surface area contributed by atoms with Gasteiger partial charge in [0, 0.05) is 43.3 Å². The van der Waals surface area contributed by atoms with Crippen molar-refractivity contribution in [1.29, 1.82) is 0 Å². The molecule has 0 radical (unpaired) electrons. The van der Waals surface area contributed by atoms with Crippen LogP contribution in [0.25, 0.3) is 10.9 Å². The van der Waals surface area contributed by atoms with E-state index in [-0.39, 0.29) is 11.3 Å². The van der Waals surface area contributed by atoms with E-state index in [0.717, 1.165) is 28.5 Å². The summed E-state index contributed by atoms with van der Waals surface area (Å²) in [4.78, 5) is 19.6. The van der Waals surface area contributed by atoms with Crippen LogP contribution < -0.4 is 5.32 Å². The molecule has 27 heavy (non-hydrogen) atoms. The van der Waals surface area contributed by atoms with E-state index in [4.69, 9.17) is 11.6 Å². The van der Waals surface area contributed by atoms with Gasteiger partial charge in [-0.2, -0.15) is 0 Å². The summed E-state index contributed by atoms with van der Waals surface area (Å²) >= 11 is 5.98. The van der Waals surface area contributed by atoms with Crippen molar-refractivity contribution in [2.45, 2.75) is 13.0 Å². The van der Waals surface area contributed by atoms with Crippen LogP contribution in [0.1, 0.15) is 11.1 Å². The fourth-order valence-electron chi connectivity index (χ4n) is 3.73. The Morgan fingerprint density at radius 2 is 1.89 bits per heavy atom. The average molecular weight is 380 g/mol. The maximum Gasteiger partial charge on any atom is 0.231 e. The molecule has 0 aliphatic carbocycles. The summed E-state index contributed by atoms with van der Waals surface area (Å²) in [5, 5.41) is 5.08. The van der Waals surface area contributed by atoms with Crippen LogP contribution in [-0.4, -0.2) is 35.9 Å². The number of hydrogen-bond acceptors (Lipinski definition) is 3. The largest absolute Gasteiger partial charge is 0.341 e. The van der Waals surface area contributed by atoms with E-state index in [1.807, 2.05) is 66.7 Å². The number of fused-ring (bicyclic) bond motifs is 1. The number of hydrogen-bond donors (Lipinski definition) is 1. The zero-order chi connectivity index (χ0) is 18.9. The Morgan fingerprint density at radius 1 is 1.15 bits per heavy atom. The Hall–Kier alpha value is -2.43. The van der Waals surface area contributed by atoms with E-state index >= 15 is 0 Å². The smallest absolute Gasteiger partial charge is 0.231 e. The molecule has 4 nitrogen and oxygen atoms in total. The fraction of sp³-hybridized carbons (Fsp3) is 0.273. The predicted octanol–water partition coefficient (Wildman–Crippen LogP) is 3.68. The molecule has 1 aliphatic rings. The lowest BCUT2D eigenvalue weighted by atomic mass is 9.75. The number of aromatic nitrogens is 1. The number of rotatable bonds is 5. The molecule has 0 unspecified atom stereocenters. The highest BCUT2D eigenvalue weighted by atomic mass is 35.5. The van der Waals surface area contributed by atoms with E-state index in [0.29, 0.717) is 24.7 Å². The Labute approximate surface area is 164 Å². The summed E-state index contributed by atoms with van der Waals surface area (Å²) in [5.74, 6) is 0.171. The van der Waals surface area contributed by atoms with Crippen molar-refractivity contribution >= 4 is 28.4 Å². The third kappa shape index (κ3) is 3.68. The molecule has 0 bridgehead atoms. The standard InChI is InChI=1S/C22H22ClN3O/c1-26(13-17-10-18-4-2-3-5-20(18)25-12-17)21(27)22(14-24-15-22)11-16-6-8-19(23)9-7-16/h2-10,12,24H,11,13-15H2,1H3. The van der Waals surface area contributed by atoms with Gasteiger partial charge in [0.15, 0.2) is 0 Å². The van der Waals surface area contributed by atoms with Gasteiger partial charge >= 0.3 is 0 Å². The third-order valence-electron chi connectivity index (χ3n) is 5.25. The molecule has 1 aromatic heterocycles. The van der Waals surface area contributed by atoms with Gasteiger partial charge in [0.2, 0.25) is 5.91 Å². The second-order valence-corrected chi connectivity index (χ2v) is 7.82. The van der Waals surface area contributed by atoms with Crippen molar-refractivity contribution in [3.63, 3.8) is 0 Å². The number of para-hydroxylation sites is 1. The summed E-state index contributed by atoms with van der Waals surface area (Å²) in [6.07, 6.45) is 2.58.